The Bertz CT molecular complexity index is 211. The Morgan fingerprint density at radius 2 is 2.21 bits per heavy atom. The highest BCUT2D eigenvalue weighted by atomic mass is 35.5. The van der Waals surface area contributed by atoms with Gasteiger partial charge in [0.15, 0.2) is 0 Å². The first-order valence-electron chi connectivity index (χ1n) is 5.24. The average molecular weight is 236 g/mol. The molecule has 0 amide bonds. The van der Waals surface area contributed by atoms with Crippen LogP contribution in [0, 0.1) is 5.41 Å². The zero-order chi connectivity index (χ0) is 10.6. The van der Waals surface area contributed by atoms with Crippen LogP contribution in [-0.2, 0) is 0 Å². The van der Waals surface area contributed by atoms with E-state index >= 15 is 0 Å². The number of nitrogens with one attached hydrogen (secondary N) is 1. The van der Waals surface area contributed by atoms with Crippen LogP contribution in [0.4, 0.5) is 0 Å². The molecule has 0 aromatic rings. The molecule has 1 rings (SSSR count). The third-order valence-corrected chi connectivity index (χ3v) is 3.76. The molecule has 82 valence electrons. The van der Waals surface area contributed by atoms with Crippen LogP contribution in [0.15, 0.2) is 10.6 Å². The summed E-state index contributed by atoms with van der Waals surface area (Å²) in [5, 5.41) is 4.17. The van der Waals surface area contributed by atoms with Crippen LogP contribution < -0.4 is 5.32 Å². The van der Waals surface area contributed by atoms with Gasteiger partial charge in [-0.15, -0.1) is 0 Å². The predicted octanol–water partition coefficient (Wildman–Crippen LogP) is 3.86. The summed E-state index contributed by atoms with van der Waals surface area (Å²) in [4.78, 5) is 0. The lowest BCUT2D eigenvalue weighted by molar-refractivity contribution is 0.172. The molecule has 1 atom stereocenters. The first kappa shape index (κ1) is 12.4. The van der Waals surface area contributed by atoms with Crippen LogP contribution in [0.25, 0.3) is 0 Å². The van der Waals surface area contributed by atoms with Gasteiger partial charge < -0.3 is 5.32 Å². The summed E-state index contributed by atoms with van der Waals surface area (Å²) >= 11 is 11.4. The minimum atomic E-state index is 0.391. The van der Waals surface area contributed by atoms with E-state index in [0.717, 1.165) is 0 Å². The third-order valence-electron chi connectivity index (χ3n) is 3.14. The molecule has 0 aliphatic heterocycles. The predicted molar refractivity (Wildman–Crippen MR) is 63.8 cm³/mol. The van der Waals surface area contributed by atoms with Crippen molar-refractivity contribution in [3.63, 3.8) is 0 Å². The maximum Gasteiger partial charge on any atom is 0.0432 e. The number of halogens is 2. The van der Waals surface area contributed by atoms with Crippen molar-refractivity contribution >= 4 is 23.2 Å². The Hall–Kier alpha value is 0.280. The smallest absolute Gasteiger partial charge is 0.0432 e. The monoisotopic (exact) mass is 235 g/mol. The topological polar surface area (TPSA) is 12.0 Å². The first-order chi connectivity index (χ1) is 6.56. The van der Waals surface area contributed by atoms with Gasteiger partial charge >= 0.3 is 0 Å². The van der Waals surface area contributed by atoms with Crippen LogP contribution in [0.2, 0.25) is 0 Å². The molecule has 1 fully saturated rings. The SMILES string of the molecule is CC1(C)CCCCC1NC/C(Cl)=C/Cl. The van der Waals surface area contributed by atoms with Gasteiger partial charge in [-0.3, -0.25) is 0 Å². The fourth-order valence-electron chi connectivity index (χ4n) is 2.13. The third kappa shape index (κ3) is 3.45. The van der Waals surface area contributed by atoms with Gasteiger partial charge in [-0.25, -0.2) is 0 Å². The molecule has 1 aliphatic rings. The summed E-state index contributed by atoms with van der Waals surface area (Å²) in [6, 6.07) is 0.571. The number of rotatable bonds is 3. The second-order valence-corrected chi connectivity index (χ2v) is 5.43. The standard InChI is InChI=1S/C11H19Cl2N/c1-11(2)6-4-3-5-10(11)14-8-9(13)7-12/h7,10,14H,3-6,8H2,1-2H3/b9-7-. The van der Waals surface area contributed by atoms with Crippen LogP contribution in [0.3, 0.4) is 0 Å². The molecule has 1 N–H and O–H groups in total. The van der Waals surface area contributed by atoms with Crippen molar-refractivity contribution in [1.82, 2.24) is 5.32 Å². The molecule has 0 bridgehead atoms. The van der Waals surface area contributed by atoms with Gasteiger partial charge in [0.1, 0.15) is 0 Å². The molecule has 14 heavy (non-hydrogen) atoms. The molecule has 0 radical (unpaired) electrons. The van der Waals surface area contributed by atoms with Crippen molar-refractivity contribution in [2.24, 2.45) is 5.41 Å². The second kappa shape index (κ2) is 5.39. The first-order valence-corrected chi connectivity index (χ1v) is 6.06. The van der Waals surface area contributed by atoms with Gasteiger partial charge in [0.2, 0.25) is 0 Å². The molecule has 0 saturated heterocycles. The maximum atomic E-state index is 5.84. The lowest BCUT2D eigenvalue weighted by Crippen LogP contribution is -2.44. The van der Waals surface area contributed by atoms with Crippen molar-refractivity contribution in [2.75, 3.05) is 6.54 Å². The summed E-state index contributed by atoms with van der Waals surface area (Å²) in [5.74, 6) is 0. The Labute approximate surface area is 96.8 Å². The van der Waals surface area contributed by atoms with E-state index in [1.165, 1.54) is 31.2 Å². The van der Waals surface area contributed by atoms with E-state index in [0.29, 0.717) is 23.0 Å². The largest absolute Gasteiger partial charge is 0.308 e. The van der Waals surface area contributed by atoms with E-state index in [2.05, 4.69) is 19.2 Å². The Kier molecular flexibility index (Phi) is 4.75. The van der Waals surface area contributed by atoms with E-state index in [-0.39, 0.29) is 0 Å². The van der Waals surface area contributed by atoms with E-state index in [4.69, 9.17) is 23.2 Å². The fraction of sp³-hybridized carbons (Fsp3) is 0.818. The van der Waals surface area contributed by atoms with E-state index in [9.17, 15) is 0 Å². The highest BCUT2D eigenvalue weighted by Gasteiger charge is 2.31. The van der Waals surface area contributed by atoms with Gasteiger partial charge in [0, 0.05) is 23.2 Å². The minimum absolute atomic E-state index is 0.391. The lowest BCUT2D eigenvalue weighted by Gasteiger charge is -2.39. The number of hydrogen-bond acceptors (Lipinski definition) is 1. The van der Waals surface area contributed by atoms with Crippen molar-refractivity contribution in [1.29, 1.82) is 0 Å². The highest BCUT2D eigenvalue weighted by molar-refractivity contribution is 6.36. The molecule has 1 saturated carbocycles. The average Bonchev–Trinajstić information content (AvgIpc) is 2.15. The summed E-state index contributed by atoms with van der Waals surface area (Å²) in [6.45, 7) is 5.34. The molecule has 1 unspecified atom stereocenters. The molecule has 0 spiro atoms. The minimum Gasteiger partial charge on any atom is -0.308 e. The molecular weight excluding hydrogens is 217 g/mol. The molecule has 1 aliphatic carbocycles. The van der Waals surface area contributed by atoms with Crippen LogP contribution in [0.5, 0.6) is 0 Å². The van der Waals surface area contributed by atoms with Gasteiger partial charge in [-0.1, -0.05) is 49.9 Å². The Balaban J connectivity index is 2.42. The van der Waals surface area contributed by atoms with Crippen molar-refractivity contribution in [3.05, 3.63) is 10.6 Å². The van der Waals surface area contributed by atoms with Gasteiger partial charge in [-0.05, 0) is 18.3 Å². The number of hydrogen-bond donors (Lipinski definition) is 1. The van der Waals surface area contributed by atoms with E-state index in [1.807, 2.05) is 0 Å². The molecule has 1 nitrogen and oxygen atoms in total. The van der Waals surface area contributed by atoms with Crippen LogP contribution in [-0.4, -0.2) is 12.6 Å². The van der Waals surface area contributed by atoms with E-state index in [1.54, 1.807) is 0 Å². The highest BCUT2D eigenvalue weighted by Crippen LogP contribution is 2.35. The molecule has 0 aromatic heterocycles. The molecule has 3 heteroatoms. The normalized spacial score (nSPS) is 27.7. The summed E-state index contributed by atoms with van der Waals surface area (Å²) in [6.07, 6.45) is 5.22. The van der Waals surface area contributed by atoms with Gasteiger partial charge in [-0.2, -0.15) is 0 Å². The molecular formula is C11H19Cl2N. The fourth-order valence-corrected chi connectivity index (χ4v) is 2.29. The summed E-state index contributed by atoms with van der Waals surface area (Å²) in [5.41, 5.74) is 1.83. The molecule has 0 heterocycles. The summed E-state index contributed by atoms with van der Waals surface area (Å²) < 4.78 is 0. The van der Waals surface area contributed by atoms with Crippen molar-refractivity contribution in [3.8, 4) is 0 Å². The Morgan fingerprint density at radius 3 is 2.79 bits per heavy atom. The zero-order valence-electron chi connectivity index (χ0n) is 8.95. The van der Waals surface area contributed by atoms with Crippen LogP contribution >= 0.6 is 23.2 Å². The molecule has 0 aromatic carbocycles. The zero-order valence-corrected chi connectivity index (χ0v) is 10.5. The van der Waals surface area contributed by atoms with Crippen molar-refractivity contribution < 1.29 is 0 Å². The van der Waals surface area contributed by atoms with E-state index < -0.39 is 0 Å². The maximum absolute atomic E-state index is 5.84. The van der Waals surface area contributed by atoms with Gasteiger partial charge in [0.25, 0.3) is 0 Å². The van der Waals surface area contributed by atoms with Gasteiger partial charge in [0.05, 0.1) is 0 Å². The van der Waals surface area contributed by atoms with Crippen LogP contribution in [0.1, 0.15) is 39.5 Å². The van der Waals surface area contributed by atoms with Crippen molar-refractivity contribution in [2.45, 2.75) is 45.6 Å². The lowest BCUT2D eigenvalue weighted by atomic mass is 9.73. The second-order valence-electron chi connectivity index (χ2n) is 4.72. The Morgan fingerprint density at radius 1 is 1.50 bits per heavy atom. The quantitative estimate of drug-likeness (QED) is 0.784. The summed E-state index contributed by atoms with van der Waals surface area (Å²) in [7, 11) is 0.